The summed E-state index contributed by atoms with van der Waals surface area (Å²) in [5.41, 5.74) is -1.80. The number of alkyl halides is 2. The van der Waals surface area contributed by atoms with Crippen molar-refractivity contribution in [3.8, 4) is 0 Å². The van der Waals surface area contributed by atoms with E-state index in [1.165, 1.54) is 12.3 Å². The Morgan fingerprint density at radius 2 is 1.87 bits per heavy atom. The average molecular weight is 458 g/mol. The number of aromatic nitrogens is 3. The smallest absolute Gasteiger partial charge is 0.416 e. The molecule has 0 radical (unpaired) electrons. The number of hydrogen-bond acceptors (Lipinski definition) is 6. The van der Waals surface area contributed by atoms with Gasteiger partial charge in [0.15, 0.2) is 11.6 Å². The van der Waals surface area contributed by atoms with Crippen molar-refractivity contribution >= 4 is 29.5 Å². The number of amides is 1. The second kappa shape index (κ2) is 7.51. The molecule has 0 saturated carbocycles. The summed E-state index contributed by atoms with van der Waals surface area (Å²) in [6.45, 7) is 9.36. The molecule has 1 amide bonds. The fourth-order valence-corrected chi connectivity index (χ4v) is 3.45. The predicted molar refractivity (Wildman–Crippen MR) is 110 cm³/mol. The van der Waals surface area contributed by atoms with Crippen molar-refractivity contribution in [2.24, 2.45) is 0 Å². The third-order valence-corrected chi connectivity index (χ3v) is 5.91. The van der Waals surface area contributed by atoms with Crippen LogP contribution in [0.1, 0.15) is 58.8 Å². The highest BCUT2D eigenvalue weighted by atomic mass is 35.5. The van der Waals surface area contributed by atoms with Gasteiger partial charge in [-0.15, -0.1) is 0 Å². The molecule has 1 aliphatic heterocycles. The molecule has 7 nitrogen and oxygen atoms in total. The third kappa shape index (κ3) is 4.13. The van der Waals surface area contributed by atoms with E-state index in [9.17, 15) is 18.0 Å². The normalized spacial score (nSPS) is 18.6. The number of carbonyl (C=O) groups is 1. The first-order valence-corrected chi connectivity index (χ1v) is 9.89. The molecule has 3 heterocycles. The lowest BCUT2D eigenvalue weighted by Gasteiger charge is -2.36. The molecule has 0 aliphatic carbocycles. The molecule has 11 heteroatoms. The molecule has 1 aliphatic rings. The molecule has 0 spiro atoms. The zero-order chi connectivity index (χ0) is 23.4. The minimum absolute atomic E-state index is 0.0261. The monoisotopic (exact) mass is 457 g/mol. The summed E-state index contributed by atoms with van der Waals surface area (Å²) in [4.78, 5) is 25.4. The summed E-state index contributed by atoms with van der Waals surface area (Å²) in [6, 6.07) is 0.866. The summed E-state index contributed by atoms with van der Waals surface area (Å²) in [7, 11) is 0. The predicted octanol–water partition coefficient (Wildman–Crippen LogP) is 5.46. The fraction of sp³-hybridized carbons (Fsp3) is 0.500. The third-order valence-electron chi connectivity index (χ3n) is 5.62. The molecule has 1 fully saturated rings. The first-order valence-electron chi connectivity index (χ1n) is 9.51. The first-order chi connectivity index (χ1) is 14.1. The lowest BCUT2D eigenvalue weighted by Crippen LogP contribution is -2.51. The molecule has 168 valence electrons. The van der Waals surface area contributed by atoms with Crippen LogP contribution in [0, 0.1) is 5.82 Å². The maximum Gasteiger partial charge on any atom is 0.416 e. The van der Waals surface area contributed by atoms with Crippen molar-refractivity contribution in [1.82, 2.24) is 15.0 Å². The molecule has 3 rings (SSSR count). The summed E-state index contributed by atoms with van der Waals surface area (Å²) < 4.78 is 47.0. The van der Waals surface area contributed by atoms with Crippen molar-refractivity contribution in [2.75, 3.05) is 10.2 Å². The number of pyridine rings is 1. The van der Waals surface area contributed by atoms with Crippen LogP contribution < -0.4 is 10.2 Å². The molecule has 0 aromatic carbocycles. The zero-order valence-electron chi connectivity index (χ0n) is 17.9. The highest BCUT2D eigenvalue weighted by Crippen LogP contribution is 2.42. The zero-order valence-corrected chi connectivity index (χ0v) is 18.7. The summed E-state index contributed by atoms with van der Waals surface area (Å²) >= 11 is 5.96. The molecule has 2 aromatic heterocycles. The van der Waals surface area contributed by atoms with E-state index < -0.39 is 40.7 Å². The van der Waals surface area contributed by atoms with Gasteiger partial charge in [-0.3, -0.25) is 4.98 Å². The second-order valence-electron chi connectivity index (χ2n) is 8.49. The summed E-state index contributed by atoms with van der Waals surface area (Å²) in [5.74, 6) is -4.17. The van der Waals surface area contributed by atoms with Crippen molar-refractivity contribution in [2.45, 2.75) is 64.6 Å². The summed E-state index contributed by atoms with van der Waals surface area (Å²) in [6.07, 6.45) is 1.49. The van der Waals surface area contributed by atoms with Gasteiger partial charge < -0.3 is 10.1 Å². The number of rotatable bonds is 5. The molecule has 1 N–H and O–H groups in total. The van der Waals surface area contributed by atoms with Crippen LogP contribution in [0.5, 0.6) is 0 Å². The molecule has 2 aromatic rings. The number of ether oxygens (including phenoxy) is 1. The average Bonchev–Trinajstić information content (AvgIpc) is 2.78. The van der Waals surface area contributed by atoms with Crippen molar-refractivity contribution in [3.63, 3.8) is 0 Å². The first kappa shape index (κ1) is 23.1. The highest BCUT2D eigenvalue weighted by molar-refractivity contribution is 6.31. The Bertz CT molecular complexity index is 1030. The van der Waals surface area contributed by atoms with E-state index in [-0.39, 0.29) is 16.8 Å². The van der Waals surface area contributed by atoms with E-state index in [4.69, 9.17) is 16.3 Å². The fourth-order valence-electron chi connectivity index (χ4n) is 3.11. The van der Waals surface area contributed by atoms with Crippen LogP contribution in [-0.4, -0.2) is 32.2 Å². The van der Waals surface area contributed by atoms with Crippen LogP contribution in [-0.2, 0) is 10.7 Å². The van der Waals surface area contributed by atoms with Gasteiger partial charge in [0.2, 0.25) is 5.95 Å². The minimum Gasteiger partial charge on any atom is -0.441 e. The largest absolute Gasteiger partial charge is 0.441 e. The van der Waals surface area contributed by atoms with E-state index in [0.717, 1.165) is 11.1 Å². The molecule has 1 unspecified atom stereocenters. The number of nitrogens with zero attached hydrogens (tertiary/aromatic N) is 4. The Hall–Kier alpha value is -2.62. The number of hydrogen-bond donors (Lipinski definition) is 1. The van der Waals surface area contributed by atoms with E-state index in [1.807, 2.05) is 0 Å². The van der Waals surface area contributed by atoms with Gasteiger partial charge in [0, 0.05) is 13.1 Å². The van der Waals surface area contributed by atoms with Crippen molar-refractivity contribution in [3.05, 3.63) is 40.6 Å². The number of nitrogens with one attached hydrogen (secondary N) is 1. The van der Waals surface area contributed by atoms with Crippen molar-refractivity contribution in [1.29, 1.82) is 0 Å². The Balaban J connectivity index is 1.89. The second-order valence-corrected chi connectivity index (χ2v) is 8.90. The van der Waals surface area contributed by atoms with Crippen LogP contribution in [0.3, 0.4) is 0 Å². The van der Waals surface area contributed by atoms with E-state index >= 15 is 0 Å². The molecule has 0 bridgehead atoms. The van der Waals surface area contributed by atoms with Gasteiger partial charge in [-0.2, -0.15) is 13.8 Å². The minimum atomic E-state index is -3.17. The molecular formula is C20H23ClF3N5O2. The standard InChI is InChI=1S/C20H23ClF3N5O2/c1-10(11-7-12(21)14(25-8-11)20(6,23)24)27-16-26-9-13(22)15(28-16)29-17(30)31-19(4,5)18(29,2)3/h7-10H,1-6H3,(H,26,27,28). The van der Waals surface area contributed by atoms with Crippen LogP contribution in [0.4, 0.5) is 29.7 Å². The van der Waals surface area contributed by atoms with Crippen LogP contribution >= 0.6 is 11.6 Å². The Kier molecular flexibility index (Phi) is 5.58. The van der Waals surface area contributed by atoms with Crippen LogP contribution in [0.2, 0.25) is 5.02 Å². The van der Waals surface area contributed by atoms with Crippen LogP contribution in [0.25, 0.3) is 0 Å². The number of carbonyl (C=O) groups excluding carboxylic acids is 1. The lowest BCUT2D eigenvalue weighted by atomic mass is 9.85. The Morgan fingerprint density at radius 3 is 2.39 bits per heavy atom. The van der Waals surface area contributed by atoms with E-state index in [1.54, 1.807) is 34.6 Å². The lowest BCUT2D eigenvalue weighted by molar-refractivity contribution is 0.0128. The van der Waals surface area contributed by atoms with Gasteiger partial charge >= 0.3 is 6.09 Å². The molecule has 31 heavy (non-hydrogen) atoms. The maximum atomic E-state index is 14.6. The van der Waals surface area contributed by atoms with Gasteiger partial charge in [0.05, 0.1) is 22.8 Å². The molecular weight excluding hydrogens is 435 g/mol. The number of halogens is 4. The number of cyclic esters (lactones) is 1. The quantitative estimate of drug-likeness (QED) is 0.642. The maximum absolute atomic E-state index is 14.6. The van der Waals surface area contributed by atoms with Gasteiger partial charge in [-0.05, 0) is 46.2 Å². The Labute approximate surface area is 183 Å². The van der Waals surface area contributed by atoms with Crippen molar-refractivity contribution < 1.29 is 22.7 Å². The topological polar surface area (TPSA) is 80.2 Å². The highest BCUT2D eigenvalue weighted by Gasteiger charge is 2.56. The molecule has 1 atom stereocenters. The van der Waals surface area contributed by atoms with E-state index in [0.29, 0.717) is 12.5 Å². The van der Waals surface area contributed by atoms with Crippen LogP contribution in [0.15, 0.2) is 18.5 Å². The SMILES string of the molecule is CC(Nc1ncc(F)c(N2C(=O)OC(C)(C)C2(C)C)n1)c1cnc(C(C)(F)F)c(Cl)c1. The molecule has 1 saturated heterocycles. The van der Waals surface area contributed by atoms with Gasteiger partial charge in [0.25, 0.3) is 5.92 Å². The van der Waals surface area contributed by atoms with Gasteiger partial charge in [-0.25, -0.2) is 19.1 Å². The van der Waals surface area contributed by atoms with Gasteiger partial charge in [0.1, 0.15) is 11.3 Å². The summed E-state index contributed by atoms with van der Waals surface area (Å²) in [5, 5.41) is 2.77. The van der Waals surface area contributed by atoms with Gasteiger partial charge in [-0.1, -0.05) is 11.6 Å². The Morgan fingerprint density at radius 1 is 1.23 bits per heavy atom. The van der Waals surface area contributed by atoms with E-state index in [2.05, 4.69) is 20.3 Å². The number of anilines is 2.